The Bertz CT molecular complexity index is 424. The first-order valence-corrected chi connectivity index (χ1v) is 8.43. The SMILES string of the molecule is CCCCP(CCCC)c1c(F)c(F)c(F)c(F)c1F. The predicted molar refractivity (Wildman–Crippen MR) is 72.3 cm³/mol. The van der Waals surface area contributed by atoms with Gasteiger partial charge in [0.2, 0.25) is 5.82 Å². The lowest BCUT2D eigenvalue weighted by atomic mass is 10.3. The first-order valence-electron chi connectivity index (χ1n) is 6.72. The summed E-state index contributed by atoms with van der Waals surface area (Å²) in [5.74, 6) is -9.05. The van der Waals surface area contributed by atoms with Crippen molar-refractivity contribution in [3.05, 3.63) is 29.1 Å². The first-order chi connectivity index (χ1) is 9.45. The van der Waals surface area contributed by atoms with Gasteiger partial charge in [-0.1, -0.05) is 34.6 Å². The molecule has 0 saturated heterocycles. The third kappa shape index (κ3) is 3.69. The molecule has 0 saturated carbocycles. The van der Waals surface area contributed by atoms with Crippen LogP contribution in [0.4, 0.5) is 22.0 Å². The molecule has 0 aliphatic carbocycles. The van der Waals surface area contributed by atoms with Gasteiger partial charge in [-0.15, -0.1) is 0 Å². The smallest absolute Gasteiger partial charge is 0.200 e. The second-order valence-electron chi connectivity index (χ2n) is 4.61. The largest absolute Gasteiger partial charge is 0.203 e. The van der Waals surface area contributed by atoms with Crippen molar-refractivity contribution >= 4 is 13.2 Å². The fraction of sp³-hybridized carbons (Fsp3) is 0.571. The topological polar surface area (TPSA) is 0 Å². The molecule has 0 aromatic heterocycles. The van der Waals surface area contributed by atoms with Crippen molar-refractivity contribution in [3.8, 4) is 0 Å². The Kier molecular flexibility index (Phi) is 6.87. The minimum absolute atomic E-state index is 0.490. The third-order valence-electron chi connectivity index (χ3n) is 3.07. The van der Waals surface area contributed by atoms with Gasteiger partial charge in [0.25, 0.3) is 0 Å². The summed E-state index contributed by atoms with van der Waals surface area (Å²) in [5.41, 5.74) is 0. The summed E-state index contributed by atoms with van der Waals surface area (Å²) in [6, 6.07) is 0. The van der Waals surface area contributed by atoms with Crippen molar-refractivity contribution in [2.75, 3.05) is 12.3 Å². The maximum absolute atomic E-state index is 13.8. The maximum Gasteiger partial charge on any atom is 0.200 e. The summed E-state index contributed by atoms with van der Waals surface area (Å²) < 4.78 is 67.2. The molecule has 1 aromatic carbocycles. The normalized spacial score (nSPS) is 11.4. The van der Waals surface area contributed by atoms with Gasteiger partial charge in [0.1, 0.15) is 0 Å². The van der Waals surface area contributed by atoms with Gasteiger partial charge in [0.05, 0.1) is 5.30 Å². The van der Waals surface area contributed by atoms with Crippen LogP contribution in [0.1, 0.15) is 39.5 Å². The molecule has 1 rings (SSSR count). The Labute approximate surface area is 117 Å². The molecule has 0 unspecified atom stereocenters. The van der Waals surface area contributed by atoms with Gasteiger partial charge in [-0.05, 0) is 25.2 Å². The fourth-order valence-corrected chi connectivity index (χ4v) is 4.72. The van der Waals surface area contributed by atoms with Crippen LogP contribution in [0.15, 0.2) is 0 Å². The molecule has 0 bridgehead atoms. The summed E-state index contributed by atoms with van der Waals surface area (Å²) in [7, 11) is -1.35. The summed E-state index contributed by atoms with van der Waals surface area (Å²) in [6.45, 7) is 3.84. The average Bonchev–Trinajstić information content (AvgIpc) is 2.45. The van der Waals surface area contributed by atoms with E-state index < -0.39 is 42.3 Å². The van der Waals surface area contributed by atoms with E-state index in [-0.39, 0.29) is 0 Å². The standard InChI is InChI=1S/C14H18F5P/c1-3-5-7-20(8-6-4-2)14-12(18)10(16)9(15)11(17)13(14)19/h3-8H2,1-2H3. The van der Waals surface area contributed by atoms with Crippen LogP contribution in [0, 0.1) is 29.1 Å². The van der Waals surface area contributed by atoms with E-state index in [1.54, 1.807) is 0 Å². The van der Waals surface area contributed by atoms with Crippen LogP contribution in [0.3, 0.4) is 0 Å². The van der Waals surface area contributed by atoms with E-state index in [1.807, 2.05) is 13.8 Å². The third-order valence-corrected chi connectivity index (χ3v) is 5.80. The zero-order valence-electron chi connectivity index (χ0n) is 11.6. The Balaban J connectivity index is 3.24. The molecule has 20 heavy (non-hydrogen) atoms. The first kappa shape index (κ1) is 17.4. The van der Waals surface area contributed by atoms with Gasteiger partial charge in [-0.2, -0.15) is 0 Å². The van der Waals surface area contributed by atoms with E-state index in [1.165, 1.54) is 0 Å². The van der Waals surface area contributed by atoms with Crippen LogP contribution >= 0.6 is 7.92 Å². The number of halogens is 5. The van der Waals surface area contributed by atoms with E-state index in [0.717, 1.165) is 25.7 Å². The maximum atomic E-state index is 13.8. The van der Waals surface area contributed by atoms with Crippen LogP contribution in [-0.4, -0.2) is 12.3 Å². The highest BCUT2D eigenvalue weighted by Gasteiger charge is 2.29. The monoisotopic (exact) mass is 312 g/mol. The van der Waals surface area contributed by atoms with Crippen molar-refractivity contribution in [1.82, 2.24) is 0 Å². The molecular formula is C14H18F5P. The van der Waals surface area contributed by atoms with Gasteiger partial charge in [-0.3, -0.25) is 0 Å². The highest BCUT2D eigenvalue weighted by atomic mass is 31.1. The van der Waals surface area contributed by atoms with Crippen LogP contribution in [0.2, 0.25) is 0 Å². The molecule has 6 heteroatoms. The van der Waals surface area contributed by atoms with E-state index in [4.69, 9.17) is 0 Å². The van der Waals surface area contributed by atoms with E-state index in [9.17, 15) is 22.0 Å². The molecule has 0 fully saturated rings. The van der Waals surface area contributed by atoms with Crippen molar-refractivity contribution in [3.63, 3.8) is 0 Å². The van der Waals surface area contributed by atoms with Gasteiger partial charge in [0, 0.05) is 0 Å². The Morgan fingerprint density at radius 2 is 1.00 bits per heavy atom. The molecule has 0 aliphatic heterocycles. The predicted octanol–water partition coefficient (Wildman–Crippen LogP) is 5.09. The lowest BCUT2D eigenvalue weighted by molar-refractivity contribution is 0.384. The Morgan fingerprint density at radius 1 is 0.650 bits per heavy atom. The molecule has 0 aliphatic rings. The van der Waals surface area contributed by atoms with E-state index in [2.05, 4.69) is 0 Å². The molecule has 0 spiro atoms. The quantitative estimate of drug-likeness (QED) is 0.285. The van der Waals surface area contributed by atoms with Crippen LogP contribution in [0.5, 0.6) is 0 Å². The molecule has 114 valence electrons. The lowest BCUT2D eigenvalue weighted by Gasteiger charge is -2.19. The molecule has 0 atom stereocenters. The molecular weight excluding hydrogens is 294 g/mol. The van der Waals surface area contributed by atoms with E-state index >= 15 is 0 Å². The zero-order chi connectivity index (χ0) is 15.3. The van der Waals surface area contributed by atoms with E-state index in [0.29, 0.717) is 12.3 Å². The number of hydrogen-bond donors (Lipinski definition) is 0. The molecule has 0 N–H and O–H groups in total. The minimum Gasteiger partial charge on any atom is -0.203 e. The Hall–Kier alpha value is -0.700. The van der Waals surface area contributed by atoms with Crippen molar-refractivity contribution in [2.45, 2.75) is 39.5 Å². The number of rotatable bonds is 7. The van der Waals surface area contributed by atoms with Crippen molar-refractivity contribution in [2.24, 2.45) is 0 Å². The molecule has 0 heterocycles. The number of hydrogen-bond acceptors (Lipinski definition) is 0. The van der Waals surface area contributed by atoms with Crippen LogP contribution in [-0.2, 0) is 0 Å². The number of unbranched alkanes of at least 4 members (excludes halogenated alkanes) is 2. The lowest BCUT2D eigenvalue weighted by Crippen LogP contribution is -2.21. The second kappa shape index (κ2) is 7.92. The highest BCUT2D eigenvalue weighted by molar-refractivity contribution is 7.65. The molecule has 0 radical (unpaired) electrons. The number of benzene rings is 1. The minimum atomic E-state index is -2.08. The van der Waals surface area contributed by atoms with Crippen molar-refractivity contribution < 1.29 is 22.0 Å². The second-order valence-corrected chi connectivity index (χ2v) is 7.03. The summed E-state index contributed by atoms with van der Waals surface area (Å²) >= 11 is 0. The van der Waals surface area contributed by atoms with Gasteiger partial charge in [-0.25, -0.2) is 22.0 Å². The van der Waals surface area contributed by atoms with Gasteiger partial charge >= 0.3 is 0 Å². The summed E-state index contributed by atoms with van der Waals surface area (Å²) in [5, 5.41) is -0.585. The zero-order valence-corrected chi connectivity index (χ0v) is 12.5. The molecule has 0 nitrogen and oxygen atoms in total. The fourth-order valence-electron chi connectivity index (χ4n) is 1.90. The van der Waals surface area contributed by atoms with Crippen LogP contribution < -0.4 is 5.30 Å². The van der Waals surface area contributed by atoms with Gasteiger partial charge in [0.15, 0.2) is 23.3 Å². The van der Waals surface area contributed by atoms with Gasteiger partial charge < -0.3 is 0 Å². The summed E-state index contributed by atoms with van der Waals surface area (Å²) in [6.07, 6.45) is 4.05. The van der Waals surface area contributed by atoms with Crippen molar-refractivity contribution in [1.29, 1.82) is 0 Å². The highest BCUT2D eigenvalue weighted by Crippen LogP contribution is 2.40. The van der Waals surface area contributed by atoms with Crippen LogP contribution in [0.25, 0.3) is 0 Å². The summed E-state index contributed by atoms with van der Waals surface area (Å²) in [4.78, 5) is 0. The average molecular weight is 312 g/mol. The molecule has 0 amide bonds. The Morgan fingerprint density at radius 3 is 1.35 bits per heavy atom. The molecule has 1 aromatic rings.